The summed E-state index contributed by atoms with van der Waals surface area (Å²) in [6, 6.07) is 6.45. The lowest BCUT2D eigenvalue weighted by Gasteiger charge is -2.09. The summed E-state index contributed by atoms with van der Waals surface area (Å²) in [6.07, 6.45) is 0. The monoisotopic (exact) mass is 228 g/mol. The van der Waals surface area contributed by atoms with Crippen molar-refractivity contribution in [2.24, 2.45) is 0 Å². The van der Waals surface area contributed by atoms with E-state index in [1.54, 1.807) is 5.51 Å². The van der Waals surface area contributed by atoms with Gasteiger partial charge in [-0.2, -0.15) is 5.26 Å². The molecule has 2 nitrogen and oxygen atoms in total. The van der Waals surface area contributed by atoms with Gasteiger partial charge in [0.2, 0.25) is 0 Å². The Morgan fingerprint density at radius 3 is 2.38 bits per heavy atom. The summed E-state index contributed by atoms with van der Waals surface area (Å²) < 4.78 is 0. The Labute approximate surface area is 99.2 Å². The van der Waals surface area contributed by atoms with Crippen LogP contribution in [-0.2, 0) is 0 Å². The number of rotatable bonds is 1. The molecular weight excluding hydrogens is 216 g/mol. The number of hydrogen-bond donors (Lipinski definition) is 0. The Balaban J connectivity index is 2.70. The van der Waals surface area contributed by atoms with Crippen molar-refractivity contribution in [3.63, 3.8) is 0 Å². The van der Waals surface area contributed by atoms with E-state index in [2.05, 4.69) is 44.0 Å². The second kappa shape index (κ2) is 4.07. The molecule has 3 heteroatoms. The first-order chi connectivity index (χ1) is 7.63. The van der Waals surface area contributed by atoms with E-state index in [1.165, 1.54) is 28.0 Å². The van der Waals surface area contributed by atoms with Crippen LogP contribution in [0.5, 0.6) is 0 Å². The predicted octanol–water partition coefficient (Wildman–Crippen LogP) is 3.61. The van der Waals surface area contributed by atoms with Crippen molar-refractivity contribution in [2.45, 2.75) is 20.8 Å². The first kappa shape index (κ1) is 10.8. The second-order valence-electron chi connectivity index (χ2n) is 3.92. The maximum atomic E-state index is 9.03. The van der Waals surface area contributed by atoms with Crippen LogP contribution in [0, 0.1) is 32.1 Å². The highest BCUT2D eigenvalue weighted by Crippen LogP contribution is 2.31. The van der Waals surface area contributed by atoms with Crippen molar-refractivity contribution in [3.05, 3.63) is 39.2 Å². The minimum absolute atomic E-state index is 0.690. The molecule has 0 bridgehead atoms. The summed E-state index contributed by atoms with van der Waals surface area (Å²) in [5.74, 6) is 0. The molecule has 0 saturated heterocycles. The number of nitrogens with zero attached hydrogens (tertiary/aromatic N) is 2. The van der Waals surface area contributed by atoms with Crippen molar-refractivity contribution >= 4 is 11.3 Å². The van der Waals surface area contributed by atoms with Crippen molar-refractivity contribution in [2.75, 3.05) is 0 Å². The highest BCUT2D eigenvalue weighted by Gasteiger charge is 2.13. The molecule has 0 aliphatic rings. The molecular formula is C13H12N2S. The van der Waals surface area contributed by atoms with Gasteiger partial charge in [0.25, 0.3) is 0 Å². The maximum Gasteiger partial charge on any atom is 0.132 e. The zero-order valence-electron chi connectivity index (χ0n) is 9.53. The molecule has 1 aromatic carbocycles. The van der Waals surface area contributed by atoms with Crippen LogP contribution in [0.25, 0.3) is 11.3 Å². The largest absolute Gasteiger partial charge is 0.243 e. The number of aryl methyl sites for hydroxylation is 3. The SMILES string of the molecule is Cc1cc(C)c(-c2ncsc2C#N)c(C)c1. The average Bonchev–Trinajstić information content (AvgIpc) is 2.64. The molecule has 0 spiro atoms. The molecule has 1 aromatic heterocycles. The van der Waals surface area contributed by atoms with Crippen molar-refractivity contribution in [3.8, 4) is 17.3 Å². The molecule has 2 aromatic rings. The molecule has 0 saturated carbocycles. The standard InChI is InChI=1S/C13H12N2S/c1-8-4-9(2)12(10(3)5-8)13-11(6-14)16-7-15-13/h4-5,7H,1-3H3. The van der Waals surface area contributed by atoms with Crippen LogP contribution in [0.4, 0.5) is 0 Å². The van der Waals surface area contributed by atoms with Crippen molar-refractivity contribution in [1.29, 1.82) is 5.26 Å². The molecule has 16 heavy (non-hydrogen) atoms. The number of hydrogen-bond acceptors (Lipinski definition) is 3. The highest BCUT2D eigenvalue weighted by atomic mass is 32.1. The van der Waals surface area contributed by atoms with Gasteiger partial charge in [0.1, 0.15) is 10.9 Å². The van der Waals surface area contributed by atoms with E-state index in [1.807, 2.05) is 0 Å². The number of aromatic nitrogens is 1. The van der Waals surface area contributed by atoms with E-state index in [0.29, 0.717) is 4.88 Å². The minimum Gasteiger partial charge on any atom is -0.243 e. The number of nitriles is 1. The van der Waals surface area contributed by atoms with Gasteiger partial charge in [0, 0.05) is 5.56 Å². The van der Waals surface area contributed by atoms with Gasteiger partial charge in [-0.05, 0) is 31.9 Å². The van der Waals surface area contributed by atoms with Gasteiger partial charge < -0.3 is 0 Å². The summed E-state index contributed by atoms with van der Waals surface area (Å²) in [6.45, 7) is 6.21. The fourth-order valence-corrected chi connectivity index (χ4v) is 2.64. The first-order valence-corrected chi connectivity index (χ1v) is 5.93. The Morgan fingerprint density at radius 2 is 1.81 bits per heavy atom. The zero-order chi connectivity index (χ0) is 11.7. The van der Waals surface area contributed by atoms with E-state index >= 15 is 0 Å². The summed E-state index contributed by atoms with van der Waals surface area (Å²) in [5, 5.41) is 9.03. The van der Waals surface area contributed by atoms with Gasteiger partial charge in [0.05, 0.1) is 11.2 Å². The summed E-state index contributed by atoms with van der Waals surface area (Å²) in [5.41, 5.74) is 7.25. The van der Waals surface area contributed by atoms with Crippen LogP contribution >= 0.6 is 11.3 Å². The molecule has 0 atom stereocenters. The van der Waals surface area contributed by atoms with E-state index in [-0.39, 0.29) is 0 Å². The molecule has 0 aliphatic carbocycles. The quantitative estimate of drug-likeness (QED) is 0.747. The zero-order valence-corrected chi connectivity index (χ0v) is 10.4. The maximum absolute atomic E-state index is 9.03. The van der Waals surface area contributed by atoms with Crippen LogP contribution < -0.4 is 0 Å². The third-order valence-electron chi connectivity index (χ3n) is 2.58. The average molecular weight is 228 g/mol. The Bertz CT molecular complexity index is 553. The van der Waals surface area contributed by atoms with Crippen LogP contribution in [-0.4, -0.2) is 4.98 Å². The predicted molar refractivity (Wildman–Crippen MR) is 66.5 cm³/mol. The molecule has 0 radical (unpaired) electrons. The number of thiazole rings is 1. The summed E-state index contributed by atoms with van der Waals surface area (Å²) in [7, 11) is 0. The molecule has 0 fully saturated rings. The Kier molecular flexibility index (Phi) is 2.76. The van der Waals surface area contributed by atoms with Crippen LogP contribution in [0.1, 0.15) is 21.6 Å². The summed E-state index contributed by atoms with van der Waals surface area (Å²) >= 11 is 1.39. The topological polar surface area (TPSA) is 36.7 Å². The second-order valence-corrected chi connectivity index (χ2v) is 4.77. The first-order valence-electron chi connectivity index (χ1n) is 5.05. The molecule has 1 heterocycles. The van der Waals surface area contributed by atoms with E-state index in [0.717, 1.165) is 11.3 Å². The lowest BCUT2D eigenvalue weighted by molar-refractivity contribution is 1.28. The normalized spacial score (nSPS) is 10.1. The van der Waals surface area contributed by atoms with E-state index in [9.17, 15) is 0 Å². The van der Waals surface area contributed by atoms with E-state index in [4.69, 9.17) is 5.26 Å². The number of benzene rings is 1. The Hall–Kier alpha value is -1.66. The van der Waals surface area contributed by atoms with E-state index < -0.39 is 0 Å². The van der Waals surface area contributed by atoms with Gasteiger partial charge in [-0.3, -0.25) is 0 Å². The van der Waals surface area contributed by atoms with Gasteiger partial charge >= 0.3 is 0 Å². The van der Waals surface area contributed by atoms with Crippen LogP contribution in [0.3, 0.4) is 0 Å². The molecule has 0 aliphatic heterocycles. The molecule has 0 unspecified atom stereocenters. The minimum atomic E-state index is 0.690. The third-order valence-corrected chi connectivity index (χ3v) is 3.31. The van der Waals surface area contributed by atoms with Gasteiger partial charge in [-0.1, -0.05) is 17.7 Å². The van der Waals surface area contributed by atoms with Gasteiger partial charge in [-0.15, -0.1) is 11.3 Å². The molecule has 2 rings (SSSR count). The van der Waals surface area contributed by atoms with Crippen LogP contribution in [0.2, 0.25) is 0 Å². The Morgan fingerprint density at radius 1 is 1.19 bits per heavy atom. The fraction of sp³-hybridized carbons (Fsp3) is 0.231. The van der Waals surface area contributed by atoms with Crippen LogP contribution in [0.15, 0.2) is 17.6 Å². The van der Waals surface area contributed by atoms with Gasteiger partial charge in [-0.25, -0.2) is 4.98 Å². The fourth-order valence-electron chi connectivity index (χ4n) is 2.06. The summed E-state index contributed by atoms with van der Waals surface area (Å²) in [4.78, 5) is 4.99. The molecule has 80 valence electrons. The lowest BCUT2D eigenvalue weighted by atomic mass is 9.97. The highest BCUT2D eigenvalue weighted by molar-refractivity contribution is 7.10. The lowest BCUT2D eigenvalue weighted by Crippen LogP contribution is -1.91. The smallest absolute Gasteiger partial charge is 0.132 e. The molecule has 0 amide bonds. The molecule has 0 N–H and O–H groups in total. The van der Waals surface area contributed by atoms with Gasteiger partial charge in [0.15, 0.2) is 0 Å². The third kappa shape index (κ3) is 1.72. The van der Waals surface area contributed by atoms with Crippen molar-refractivity contribution in [1.82, 2.24) is 4.98 Å². The van der Waals surface area contributed by atoms with Crippen molar-refractivity contribution < 1.29 is 0 Å².